The number of aryl methyl sites for hydroxylation is 1. The second-order valence-corrected chi connectivity index (χ2v) is 9.28. The summed E-state index contributed by atoms with van der Waals surface area (Å²) in [5.74, 6) is -0.702. The third kappa shape index (κ3) is 5.03. The van der Waals surface area contributed by atoms with Crippen LogP contribution in [0.2, 0.25) is 0 Å². The Morgan fingerprint density at radius 1 is 1.31 bits per heavy atom. The Labute approximate surface area is 220 Å². The first-order valence-corrected chi connectivity index (χ1v) is 12.0. The molecule has 1 aliphatic carbocycles. The summed E-state index contributed by atoms with van der Waals surface area (Å²) in [6, 6.07) is 9.72. The van der Waals surface area contributed by atoms with E-state index >= 15 is 0 Å². The van der Waals surface area contributed by atoms with Crippen molar-refractivity contribution in [3.05, 3.63) is 70.2 Å². The van der Waals surface area contributed by atoms with Crippen LogP contribution in [0.15, 0.2) is 36.5 Å². The Kier molecular flexibility index (Phi) is 6.73. The lowest BCUT2D eigenvalue weighted by Gasteiger charge is -2.35. The van der Waals surface area contributed by atoms with Gasteiger partial charge in [0.15, 0.2) is 12.4 Å². The van der Waals surface area contributed by atoms with Crippen molar-refractivity contribution in [1.82, 2.24) is 25.4 Å². The summed E-state index contributed by atoms with van der Waals surface area (Å²) in [6.07, 6.45) is -1.85. The molecule has 2 amide bonds. The molecule has 0 unspecified atom stereocenters. The molecule has 0 saturated heterocycles. The molecule has 0 saturated carbocycles. The van der Waals surface area contributed by atoms with Crippen LogP contribution in [0.25, 0.3) is 5.82 Å². The number of fused-ring (bicyclic) bond motifs is 3. The van der Waals surface area contributed by atoms with E-state index in [1.165, 1.54) is 36.2 Å². The highest BCUT2D eigenvalue weighted by Gasteiger charge is 2.47. The highest BCUT2D eigenvalue weighted by atomic mass is 19.4. The summed E-state index contributed by atoms with van der Waals surface area (Å²) in [5, 5.41) is 19.5. The van der Waals surface area contributed by atoms with Crippen LogP contribution in [0.1, 0.15) is 49.7 Å². The molecular weight excluding hydrogens is 517 g/mol. The third-order valence-electron chi connectivity index (χ3n) is 6.72. The van der Waals surface area contributed by atoms with Gasteiger partial charge in [0.1, 0.15) is 17.5 Å². The molecule has 13 heteroatoms. The predicted molar refractivity (Wildman–Crippen MR) is 129 cm³/mol. The van der Waals surface area contributed by atoms with Crippen LogP contribution in [-0.2, 0) is 23.1 Å². The second kappa shape index (κ2) is 10.0. The number of alkyl halides is 3. The Balaban J connectivity index is 1.52. The zero-order valence-corrected chi connectivity index (χ0v) is 20.8. The first kappa shape index (κ1) is 26.2. The van der Waals surface area contributed by atoms with Crippen molar-refractivity contribution in [2.75, 3.05) is 26.9 Å². The Morgan fingerprint density at radius 2 is 2.13 bits per heavy atom. The van der Waals surface area contributed by atoms with Gasteiger partial charge >= 0.3 is 6.18 Å². The van der Waals surface area contributed by atoms with Crippen molar-refractivity contribution in [1.29, 1.82) is 5.26 Å². The van der Waals surface area contributed by atoms with Gasteiger partial charge in [-0.25, -0.2) is 9.67 Å². The van der Waals surface area contributed by atoms with Gasteiger partial charge in [0.25, 0.3) is 11.8 Å². The molecule has 10 nitrogen and oxygen atoms in total. The standard InChI is InChI=1S/C26H23F3N6O4/c1-38-9-8-31-24(37)22-21-19(34-35(22)20-5-2-15(12-30)13-32-20)11-25(33-23(21)36)7-6-16-10-17(3-4-18(16)25)39-14-26(27,28)29/h2-5,10,13H,6-9,11,14H2,1H3,(H,31,37)(H,33,36)/t25-/m0/s1. The van der Waals surface area contributed by atoms with Crippen LogP contribution in [0.4, 0.5) is 13.2 Å². The highest BCUT2D eigenvalue weighted by Crippen LogP contribution is 2.44. The topological polar surface area (TPSA) is 131 Å². The number of amides is 2. The number of nitriles is 1. The third-order valence-corrected chi connectivity index (χ3v) is 6.72. The summed E-state index contributed by atoms with van der Waals surface area (Å²) >= 11 is 0. The van der Waals surface area contributed by atoms with Gasteiger partial charge in [-0.1, -0.05) is 6.07 Å². The fraction of sp³-hybridized carbons (Fsp3) is 0.346. The zero-order valence-electron chi connectivity index (χ0n) is 20.8. The lowest BCUT2D eigenvalue weighted by Crippen LogP contribution is -2.50. The van der Waals surface area contributed by atoms with Gasteiger partial charge in [-0.15, -0.1) is 0 Å². The molecule has 202 valence electrons. The predicted octanol–water partition coefficient (Wildman–Crippen LogP) is 2.58. The molecule has 2 aliphatic rings. The van der Waals surface area contributed by atoms with E-state index < -0.39 is 30.1 Å². The number of pyridine rings is 1. The quantitative estimate of drug-likeness (QED) is 0.441. The molecule has 5 rings (SSSR count). The van der Waals surface area contributed by atoms with Crippen molar-refractivity contribution in [2.45, 2.75) is 31.0 Å². The van der Waals surface area contributed by atoms with Crippen molar-refractivity contribution < 1.29 is 32.2 Å². The largest absolute Gasteiger partial charge is 0.484 e. The Hall–Kier alpha value is -4.44. The van der Waals surface area contributed by atoms with Crippen molar-refractivity contribution >= 4 is 11.8 Å². The summed E-state index contributed by atoms with van der Waals surface area (Å²) in [6.45, 7) is -0.932. The normalized spacial score (nSPS) is 17.8. The summed E-state index contributed by atoms with van der Waals surface area (Å²) in [7, 11) is 1.50. The number of carbonyl (C=O) groups is 2. The number of benzene rings is 1. The molecule has 3 heterocycles. The molecule has 1 spiro atoms. The molecule has 2 N–H and O–H groups in total. The van der Waals surface area contributed by atoms with Crippen LogP contribution in [0.3, 0.4) is 0 Å². The van der Waals surface area contributed by atoms with E-state index in [9.17, 15) is 22.8 Å². The summed E-state index contributed by atoms with van der Waals surface area (Å²) in [4.78, 5) is 31.0. The minimum absolute atomic E-state index is 0.000204. The van der Waals surface area contributed by atoms with E-state index in [1.54, 1.807) is 12.1 Å². The SMILES string of the molecule is COCCNC(=O)c1c2c(nn1-c1ccc(C#N)cn1)C[C@]1(CCc3cc(OCC(F)(F)F)ccc31)NC2=O. The highest BCUT2D eigenvalue weighted by molar-refractivity contribution is 6.08. The fourth-order valence-electron chi connectivity index (χ4n) is 5.03. The monoisotopic (exact) mass is 540 g/mol. The lowest BCUT2D eigenvalue weighted by atomic mass is 9.82. The van der Waals surface area contributed by atoms with Gasteiger partial charge in [-0.2, -0.15) is 23.5 Å². The molecule has 1 aliphatic heterocycles. The maximum Gasteiger partial charge on any atom is 0.422 e. The number of aromatic nitrogens is 3. The first-order chi connectivity index (χ1) is 18.6. The van der Waals surface area contributed by atoms with Crippen LogP contribution < -0.4 is 15.4 Å². The summed E-state index contributed by atoms with van der Waals surface area (Å²) < 4.78 is 48.9. The van der Waals surface area contributed by atoms with Gasteiger partial charge in [0.2, 0.25) is 0 Å². The number of nitrogens with one attached hydrogen (secondary N) is 2. The Morgan fingerprint density at radius 3 is 2.82 bits per heavy atom. The maximum absolute atomic E-state index is 13.6. The Bertz CT molecular complexity index is 1480. The number of halogens is 3. The fourth-order valence-corrected chi connectivity index (χ4v) is 5.03. The van der Waals surface area contributed by atoms with Crippen LogP contribution in [-0.4, -0.2) is 59.6 Å². The average molecular weight is 541 g/mol. The van der Waals surface area contributed by atoms with E-state index in [1.807, 2.05) is 6.07 Å². The minimum atomic E-state index is -4.45. The van der Waals surface area contributed by atoms with E-state index in [4.69, 9.17) is 14.7 Å². The van der Waals surface area contributed by atoms with E-state index in [-0.39, 0.29) is 42.4 Å². The number of carbonyl (C=O) groups excluding carboxylic acids is 2. The van der Waals surface area contributed by atoms with E-state index in [0.29, 0.717) is 24.1 Å². The van der Waals surface area contributed by atoms with Gasteiger partial charge in [-0.3, -0.25) is 9.59 Å². The van der Waals surface area contributed by atoms with Crippen LogP contribution in [0.5, 0.6) is 5.75 Å². The molecule has 0 fully saturated rings. The molecular formula is C26H23F3N6O4. The van der Waals surface area contributed by atoms with Gasteiger partial charge < -0.3 is 20.1 Å². The van der Waals surface area contributed by atoms with Crippen molar-refractivity contribution in [3.8, 4) is 17.6 Å². The first-order valence-electron chi connectivity index (χ1n) is 12.0. The van der Waals surface area contributed by atoms with E-state index in [2.05, 4.69) is 20.7 Å². The number of methoxy groups -OCH3 is 1. The number of nitrogens with zero attached hydrogens (tertiary/aromatic N) is 4. The summed E-state index contributed by atoms with van der Waals surface area (Å²) in [5.41, 5.74) is 1.50. The van der Waals surface area contributed by atoms with Gasteiger partial charge in [0.05, 0.1) is 29.0 Å². The zero-order chi connectivity index (χ0) is 27.8. The van der Waals surface area contributed by atoms with Crippen molar-refractivity contribution in [3.63, 3.8) is 0 Å². The maximum atomic E-state index is 13.6. The van der Waals surface area contributed by atoms with Gasteiger partial charge in [0, 0.05) is 26.3 Å². The average Bonchev–Trinajstić information content (AvgIpc) is 3.46. The smallest absolute Gasteiger partial charge is 0.422 e. The van der Waals surface area contributed by atoms with Gasteiger partial charge in [-0.05, 0) is 48.2 Å². The van der Waals surface area contributed by atoms with Crippen LogP contribution in [0, 0.1) is 11.3 Å². The van der Waals surface area contributed by atoms with E-state index in [0.717, 1.165) is 11.1 Å². The second-order valence-electron chi connectivity index (χ2n) is 9.28. The molecule has 0 bridgehead atoms. The van der Waals surface area contributed by atoms with Crippen LogP contribution >= 0.6 is 0 Å². The molecule has 3 aromatic rings. The molecule has 2 aromatic heterocycles. The van der Waals surface area contributed by atoms with Crippen molar-refractivity contribution in [2.24, 2.45) is 0 Å². The molecule has 1 atom stereocenters. The molecule has 39 heavy (non-hydrogen) atoms. The number of hydrogen-bond donors (Lipinski definition) is 2. The minimum Gasteiger partial charge on any atom is -0.484 e. The molecule has 0 radical (unpaired) electrons. The number of rotatable bonds is 7. The number of hydrogen-bond acceptors (Lipinski definition) is 7. The number of ether oxygens (including phenoxy) is 2. The lowest BCUT2D eigenvalue weighted by molar-refractivity contribution is -0.153. The molecule has 1 aromatic carbocycles.